The number of hydrogen-bond acceptors (Lipinski definition) is 3. The minimum Gasteiger partial charge on any atom is -0.495 e. The largest absolute Gasteiger partial charge is 0.495 e. The van der Waals surface area contributed by atoms with E-state index in [4.69, 9.17) is 4.74 Å². The maximum atomic E-state index is 12.0. The van der Waals surface area contributed by atoms with Crippen LogP contribution in [-0.2, 0) is 0 Å². The molecule has 0 unspecified atom stereocenters. The van der Waals surface area contributed by atoms with Gasteiger partial charge in [0, 0.05) is 6.42 Å². The monoisotopic (exact) mass is 296 g/mol. The van der Waals surface area contributed by atoms with Crippen LogP contribution < -0.4 is 4.74 Å². The maximum Gasteiger partial charge on any atom is 0.176 e. The van der Waals surface area contributed by atoms with Gasteiger partial charge in [0.1, 0.15) is 10.6 Å². The Balaban J connectivity index is 2.02. The van der Waals surface area contributed by atoms with Crippen molar-refractivity contribution in [2.24, 2.45) is 0 Å². The SMILES string of the molecule is CCCCCCCCCCCC(=O)c1sccc1OC. The Morgan fingerprint density at radius 2 is 1.65 bits per heavy atom. The summed E-state index contributed by atoms with van der Waals surface area (Å²) in [5, 5.41) is 1.92. The second-order valence-electron chi connectivity index (χ2n) is 5.32. The van der Waals surface area contributed by atoms with E-state index >= 15 is 0 Å². The van der Waals surface area contributed by atoms with Crippen LogP contribution in [0.3, 0.4) is 0 Å². The van der Waals surface area contributed by atoms with Gasteiger partial charge >= 0.3 is 0 Å². The van der Waals surface area contributed by atoms with Crippen LogP contribution in [0.25, 0.3) is 0 Å². The molecule has 114 valence electrons. The summed E-state index contributed by atoms with van der Waals surface area (Å²) in [6.45, 7) is 2.25. The number of carbonyl (C=O) groups is 1. The average molecular weight is 296 g/mol. The van der Waals surface area contributed by atoms with Gasteiger partial charge in [0.15, 0.2) is 5.78 Å². The molecule has 0 bridgehead atoms. The number of Topliss-reactive ketones (excluding diaryl/α,β-unsaturated/α-hetero) is 1. The predicted molar refractivity (Wildman–Crippen MR) is 87.0 cm³/mol. The molecule has 0 spiro atoms. The molecule has 2 nitrogen and oxygen atoms in total. The van der Waals surface area contributed by atoms with Crippen molar-refractivity contribution in [3.05, 3.63) is 16.3 Å². The number of ether oxygens (including phenoxy) is 1. The molecular weight excluding hydrogens is 268 g/mol. The van der Waals surface area contributed by atoms with Gasteiger partial charge in [0.05, 0.1) is 7.11 Å². The Labute approximate surface area is 127 Å². The van der Waals surface area contributed by atoms with Gasteiger partial charge in [-0.2, -0.15) is 0 Å². The van der Waals surface area contributed by atoms with E-state index in [1.54, 1.807) is 7.11 Å². The number of unbranched alkanes of at least 4 members (excludes halogenated alkanes) is 8. The first-order valence-electron chi connectivity index (χ1n) is 7.94. The highest BCUT2D eigenvalue weighted by atomic mass is 32.1. The van der Waals surface area contributed by atoms with E-state index in [0.29, 0.717) is 6.42 Å². The zero-order chi connectivity index (χ0) is 14.6. The van der Waals surface area contributed by atoms with E-state index in [-0.39, 0.29) is 5.78 Å². The highest BCUT2D eigenvalue weighted by Gasteiger charge is 2.12. The zero-order valence-electron chi connectivity index (χ0n) is 13.0. The lowest BCUT2D eigenvalue weighted by atomic mass is 10.1. The van der Waals surface area contributed by atoms with Crippen LogP contribution in [0.5, 0.6) is 5.75 Å². The summed E-state index contributed by atoms with van der Waals surface area (Å²) >= 11 is 1.49. The third-order valence-electron chi connectivity index (χ3n) is 3.61. The molecule has 0 atom stereocenters. The molecular formula is C17H28O2S. The van der Waals surface area contributed by atoms with E-state index < -0.39 is 0 Å². The van der Waals surface area contributed by atoms with Gasteiger partial charge in [0.2, 0.25) is 0 Å². The molecule has 20 heavy (non-hydrogen) atoms. The minimum atomic E-state index is 0.236. The second-order valence-corrected chi connectivity index (χ2v) is 6.24. The van der Waals surface area contributed by atoms with Crippen molar-refractivity contribution >= 4 is 17.1 Å². The highest BCUT2D eigenvalue weighted by molar-refractivity contribution is 7.12. The van der Waals surface area contributed by atoms with Gasteiger partial charge in [-0.05, 0) is 17.9 Å². The van der Waals surface area contributed by atoms with E-state index in [9.17, 15) is 4.79 Å². The van der Waals surface area contributed by atoms with Crippen molar-refractivity contribution in [3.8, 4) is 5.75 Å². The molecule has 0 saturated heterocycles. The Morgan fingerprint density at radius 3 is 2.25 bits per heavy atom. The average Bonchev–Trinajstić information content (AvgIpc) is 2.94. The fourth-order valence-corrected chi connectivity index (χ4v) is 3.20. The topological polar surface area (TPSA) is 26.3 Å². The fraction of sp³-hybridized carbons (Fsp3) is 0.706. The first-order chi connectivity index (χ1) is 9.79. The van der Waals surface area contributed by atoms with Crippen molar-refractivity contribution in [2.45, 2.75) is 71.1 Å². The standard InChI is InChI=1S/C17H28O2S/c1-3-4-5-6-7-8-9-10-11-12-15(18)17-16(19-2)13-14-20-17/h13-14H,3-12H2,1-2H3. The minimum absolute atomic E-state index is 0.236. The summed E-state index contributed by atoms with van der Waals surface area (Å²) in [7, 11) is 1.62. The zero-order valence-corrected chi connectivity index (χ0v) is 13.8. The molecule has 3 heteroatoms. The highest BCUT2D eigenvalue weighted by Crippen LogP contribution is 2.26. The normalized spacial score (nSPS) is 10.7. The maximum absolute atomic E-state index is 12.0. The Bertz CT molecular complexity index is 371. The smallest absolute Gasteiger partial charge is 0.176 e. The van der Waals surface area contributed by atoms with Crippen molar-refractivity contribution in [3.63, 3.8) is 0 Å². The van der Waals surface area contributed by atoms with Crippen LogP contribution in [0.2, 0.25) is 0 Å². The molecule has 1 aromatic rings. The summed E-state index contributed by atoms with van der Waals surface area (Å²) in [6, 6.07) is 1.87. The number of carbonyl (C=O) groups excluding carboxylic acids is 1. The second kappa shape index (κ2) is 10.9. The molecule has 0 aromatic carbocycles. The Morgan fingerprint density at radius 1 is 1.05 bits per heavy atom. The van der Waals surface area contributed by atoms with Crippen LogP contribution in [0, 0.1) is 0 Å². The number of rotatable bonds is 12. The first kappa shape index (κ1) is 17.2. The number of hydrogen-bond donors (Lipinski definition) is 0. The van der Waals surface area contributed by atoms with Gasteiger partial charge in [-0.15, -0.1) is 11.3 Å². The molecule has 1 heterocycles. The van der Waals surface area contributed by atoms with Gasteiger partial charge in [-0.25, -0.2) is 0 Å². The summed E-state index contributed by atoms with van der Waals surface area (Å²) in [6.07, 6.45) is 12.2. The van der Waals surface area contributed by atoms with Gasteiger partial charge in [0.25, 0.3) is 0 Å². The van der Waals surface area contributed by atoms with Crippen molar-refractivity contribution in [1.29, 1.82) is 0 Å². The predicted octanol–water partition coefficient (Wildman–Crippen LogP) is 5.86. The van der Waals surface area contributed by atoms with E-state index in [1.165, 1.54) is 62.7 Å². The molecule has 1 rings (SSSR count). The van der Waals surface area contributed by atoms with Crippen LogP contribution in [0.1, 0.15) is 80.8 Å². The van der Waals surface area contributed by atoms with Crippen LogP contribution in [-0.4, -0.2) is 12.9 Å². The Kier molecular flexibility index (Phi) is 9.38. The van der Waals surface area contributed by atoms with Crippen LogP contribution in [0.15, 0.2) is 11.4 Å². The molecule has 0 saturated carbocycles. The van der Waals surface area contributed by atoms with Gasteiger partial charge in [-0.3, -0.25) is 4.79 Å². The van der Waals surface area contributed by atoms with Crippen LogP contribution >= 0.6 is 11.3 Å². The summed E-state index contributed by atoms with van der Waals surface area (Å²) in [5.41, 5.74) is 0. The summed E-state index contributed by atoms with van der Waals surface area (Å²) in [5.74, 6) is 0.968. The lowest BCUT2D eigenvalue weighted by Crippen LogP contribution is -1.98. The van der Waals surface area contributed by atoms with Crippen molar-refractivity contribution in [2.75, 3.05) is 7.11 Å². The van der Waals surface area contributed by atoms with Crippen molar-refractivity contribution < 1.29 is 9.53 Å². The van der Waals surface area contributed by atoms with E-state index in [1.807, 2.05) is 11.4 Å². The summed E-state index contributed by atoms with van der Waals surface area (Å²) in [4.78, 5) is 12.8. The van der Waals surface area contributed by atoms with Crippen molar-refractivity contribution in [1.82, 2.24) is 0 Å². The molecule has 0 aliphatic heterocycles. The molecule has 0 radical (unpaired) electrons. The number of ketones is 1. The Hall–Kier alpha value is -0.830. The molecule has 0 N–H and O–H groups in total. The molecule has 0 amide bonds. The molecule has 1 aromatic heterocycles. The lowest BCUT2D eigenvalue weighted by molar-refractivity contribution is 0.0980. The van der Waals surface area contributed by atoms with Gasteiger partial charge < -0.3 is 4.74 Å². The third kappa shape index (κ3) is 6.56. The number of thiophene rings is 1. The third-order valence-corrected chi connectivity index (χ3v) is 4.55. The van der Waals surface area contributed by atoms with E-state index in [2.05, 4.69) is 6.92 Å². The van der Waals surface area contributed by atoms with Gasteiger partial charge in [-0.1, -0.05) is 58.3 Å². The fourth-order valence-electron chi connectivity index (χ4n) is 2.37. The van der Waals surface area contributed by atoms with E-state index in [0.717, 1.165) is 17.0 Å². The number of methoxy groups -OCH3 is 1. The molecule has 0 aliphatic rings. The first-order valence-corrected chi connectivity index (χ1v) is 8.82. The quantitative estimate of drug-likeness (QED) is 0.356. The lowest BCUT2D eigenvalue weighted by Gasteiger charge is -2.03. The molecule has 0 fully saturated rings. The van der Waals surface area contributed by atoms with Crippen LogP contribution in [0.4, 0.5) is 0 Å². The molecule has 0 aliphatic carbocycles. The summed E-state index contributed by atoms with van der Waals surface area (Å²) < 4.78 is 5.19.